The standard InChI is InChI=1S/C19H15NO5/c1-10-7-15-17(19(23)20(10)2)12(8-16(21)25-15)13-9-24-14-6-4-3-5-11(14)18(13)22/h3-7,9,12H,8H2,1-2H3/t12-/m0/s1. The summed E-state index contributed by atoms with van der Waals surface area (Å²) in [6.45, 7) is 1.75. The highest BCUT2D eigenvalue weighted by Crippen LogP contribution is 2.36. The lowest BCUT2D eigenvalue weighted by atomic mass is 9.87. The molecule has 1 aliphatic rings. The zero-order chi connectivity index (χ0) is 17.7. The first-order valence-electron chi connectivity index (χ1n) is 7.89. The van der Waals surface area contributed by atoms with E-state index in [1.807, 2.05) is 0 Å². The number of aryl methyl sites for hydroxylation is 1. The van der Waals surface area contributed by atoms with Crippen LogP contribution in [0.5, 0.6) is 5.75 Å². The summed E-state index contributed by atoms with van der Waals surface area (Å²) in [4.78, 5) is 37.7. The first-order valence-corrected chi connectivity index (χ1v) is 7.89. The summed E-state index contributed by atoms with van der Waals surface area (Å²) in [7, 11) is 1.65. The molecule has 0 radical (unpaired) electrons. The van der Waals surface area contributed by atoms with E-state index in [2.05, 4.69) is 0 Å². The van der Waals surface area contributed by atoms with Crippen LogP contribution in [-0.2, 0) is 11.8 Å². The molecule has 1 aromatic carbocycles. The molecule has 0 aliphatic carbocycles. The summed E-state index contributed by atoms with van der Waals surface area (Å²) < 4.78 is 12.3. The van der Waals surface area contributed by atoms with E-state index in [1.165, 1.54) is 10.8 Å². The quantitative estimate of drug-likeness (QED) is 0.636. The number of carbonyl (C=O) groups excluding carboxylic acids is 1. The average molecular weight is 337 g/mol. The number of nitrogens with zero attached hydrogens (tertiary/aromatic N) is 1. The Bertz CT molecular complexity index is 1140. The number of pyridine rings is 1. The van der Waals surface area contributed by atoms with Crippen molar-refractivity contribution in [2.45, 2.75) is 19.3 Å². The molecule has 1 atom stereocenters. The summed E-state index contributed by atoms with van der Waals surface area (Å²) in [5.41, 5.74) is 1.22. The monoisotopic (exact) mass is 337 g/mol. The van der Waals surface area contributed by atoms with Gasteiger partial charge in [0.2, 0.25) is 0 Å². The van der Waals surface area contributed by atoms with Crippen molar-refractivity contribution in [1.82, 2.24) is 4.57 Å². The lowest BCUT2D eigenvalue weighted by molar-refractivity contribution is -0.135. The highest BCUT2D eigenvalue weighted by Gasteiger charge is 2.34. The van der Waals surface area contributed by atoms with Gasteiger partial charge in [0.1, 0.15) is 11.3 Å². The fourth-order valence-corrected chi connectivity index (χ4v) is 3.25. The summed E-state index contributed by atoms with van der Waals surface area (Å²) in [6, 6.07) is 8.53. The van der Waals surface area contributed by atoms with Crippen LogP contribution in [0, 0.1) is 6.92 Å². The van der Waals surface area contributed by atoms with Crippen LogP contribution in [0.3, 0.4) is 0 Å². The van der Waals surface area contributed by atoms with Gasteiger partial charge in [-0.15, -0.1) is 0 Å². The first-order chi connectivity index (χ1) is 12.0. The molecule has 126 valence electrons. The average Bonchev–Trinajstić information content (AvgIpc) is 2.59. The second kappa shape index (κ2) is 5.44. The number of rotatable bonds is 1. The molecule has 0 amide bonds. The third kappa shape index (κ3) is 2.29. The van der Waals surface area contributed by atoms with Gasteiger partial charge in [-0.1, -0.05) is 12.1 Å². The van der Waals surface area contributed by atoms with Crippen molar-refractivity contribution in [3.8, 4) is 5.75 Å². The van der Waals surface area contributed by atoms with E-state index in [4.69, 9.17) is 9.15 Å². The molecule has 25 heavy (non-hydrogen) atoms. The van der Waals surface area contributed by atoms with Gasteiger partial charge in [0, 0.05) is 30.3 Å². The minimum absolute atomic E-state index is 0.0750. The molecular weight excluding hydrogens is 322 g/mol. The number of aromatic nitrogens is 1. The summed E-state index contributed by atoms with van der Waals surface area (Å²) in [6.07, 6.45) is 1.27. The van der Waals surface area contributed by atoms with Crippen molar-refractivity contribution in [3.05, 3.63) is 74.0 Å². The van der Waals surface area contributed by atoms with Crippen molar-refractivity contribution >= 4 is 16.9 Å². The predicted molar refractivity (Wildman–Crippen MR) is 91.0 cm³/mol. The molecule has 3 aromatic rings. The summed E-state index contributed by atoms with van der Waals surface area (Å²) >= 11 is 0. The fourth-order valence-electron chi connectivity index (χ4n) is 3.25. The summed E-state index contributed by atoms with van der Waals surface area (Å²) in [5.74, 6) is -0.941. The van der Waals surface area contributed by atoms with Crippen LogP contribution < -0.4 is 15.7 Å². The van der Waals surface area contributed by atoms with E-state index in [-0.39, 0.29) is 28.7 Å². The Morgan fingerprint density at radius 3 is 2.72 bits per heavy atom. The fraction of sp³-hybridized carbons (Fsp3) is 0.211. The van der Waals surface area contributed by atoms with Crippen molar-refractivity contribution in [3.63, 3.8) is 0 Å². The molecule has 2 aromatic heterocycles. The Labute approximate surface area is 142 Å². The second-order valence-electron chi connectivity index (χ2n) is 6.17. The molecule has 0 fully saturated rings. The maximum absolute atomic E-state index is 12.9. The predicted octanol–water partition coefficient (Wildman–Crippen LogP) is 2.24. The maximum Gasteiger partial charge on any atom is 0.312 e. The van der Waals surface area contributed by atoms with Gasteiger partial charge in [0.05, 0.1) is 23.6 Å². The second-order valence-corrected chi connectivity index (χ2v) is 6.17. The van der Waals surface area contributed by atoms with E-state index in [0.29, 0.717) is 22.2 Å². The molecule has 4 rings (SSSR count). The minimum atomic E-state index is -0.684. The highest BCUT2D eigenvalue weighted by molar-refractivity contribution is 5.80. The Morgan fingerprint density at radius 2 is 1.92 bits per heavy atom. The number of hydrogen-bond acceptors (Lipinski definition) is 5. The van der Waals surface area contributed by atoms with Crippen LogP contribution in [0.4, 0.5) is 0 Å². The molecular formula is C19H15NO5. The van der Waals surface area contributed by atoms with Gasteiger partial charge in [-0.3, -0.25) is 14.4 Å². The van der Waals surface area contributed by atoms with E-state index in [1.54, 1.807) is 44.3 Å². The smallest absolute Gasteiger partial charge is 0.312 e. The minimum Gasteiger partial charge on any atom is -0.464 e. The van der Waals surface area contributed by atoms with Crippen molar-refractivity contribution in [2.75, 3.05) is 0 Å². The van der Waals surface area contributed by atoms with Gasteiger partial charge >= 0.3 is 5.97 Å². The maximum atomic E-state index is 12.9. The largest absolute Gasteiger partial charge is 0.464 e. The molecule has 0 spiro atoms. The molecule has 1 aliphatic heterocycles. The highest BCUT2D eigenvalue weighted by atomic mass is 16.5. The van der Waals surface area contributed by atoms with E-state index >= 15 is 0 Å². The number of benzene rings is 1. The van der Waals surface area contributed by atoms with Gasteiger partial charge < -0.3 is 13.7 Å². The molecule has 0 unspecified atom stereocenters. The third-order valence-electron chi connectivity index (χ3n) is 4.69. The number of carbonyl (C=O) groups is 1. The van der Waals surface area contributed by atoms with E-state index in [9.17, 15) is 14.4 Å². The molecule has 0 bridgehead atoms. The van der Waals surface area contributed by atoms with Gasteiger partial charge in [0.25, 0.3) is 5.56 Å². The van der Waals surface area contributed by atoms with Crippen molar-refractivity contribution in [1.29, 1.82) is 0 Å². The molecule has 0 saturated heterocycles. The topological polar surface area (TPSA) is 78.5 Å². The van der Waals surface area contributed by atoms with Crippen LogP contribution in [-0.4, -0.2) is 10.5 Å². The number of hydrogen-bond donors (Lipinski definition) is 0. The Morgan fingerprint density at radius 1 is 1.16 bits per heavy atom. The lowest BCUT2D eigenvalue weighted by Gasteiger charge is -2.24. The van der Waals surface area contributed by atoms with Gasteiger partial charge in [0.15, 0.2) is 5.43 Å². The van der Waals surface area contributed by atoms with Crippen LogP contribution in [0.2, 0.25) is 0 Å². The van der Waals surface area contributed by atoms with Gasteiger partial charge in [-0.05, 0) is 19.1 Å². The Balaban J connectivity index is 2.01. The number of ether oxygens (including phenoxy) is 1. The Hall–Kier alpha value is -3.15. The molecule has 6 heteroatoms. The zero-order valence-electron chi connectivity index (χ0n) is 13.7. The van der Waals surface area contributed by atoms with Crippen LogP contribution in [0.1, 0.15) is 29.2 Å². The van der Waals surface area contributed by atoms with Gasteiger partial charge in [-0.25, -0.2) is 0 Å². The normalized spacial score (nSPS) is 16.6. The molecule has 0 saturated carbocycles. The first kappa shape index (κ1) is 15.4. The molecule has 3 heterocycles. The van der Waals surface area contributed by atoms with Crippen LogP contribution in [0.15, 0.2) is 50.6 Å². The Kier molecular flexibility index (Phi) is 3.35. The number of para-hydroxylation sites is 1. The SMILES string of the molecule is Cc1cc2c(c(=O)n1C)[C@H](c1coc3ccccc3c1=O)CC(=O)O2. The van der Waals surface area contributed by atoms with E-state index < -0.39 is 11.9 Å². The van der Waals surface area contributed by atoms with Gasteiger partial charge in [-0.2, -0.15) is 0 Å². The third-order valence-corrected chi connectivity index (χ3v) is 4.69. The van der Waals surface area contributed by atoms with Crippen LogP contribution >= 0.6 is 0 Å². The molecule has 6 nitrogen and oxygen atoms in total. The lowest BCUT2D eigenvalue weighted by Crippen LogP contribution is -2.33. The van der Waals surface area contributed by atoms with Crippen molar-refractivity contribution < 1.29 is 13.9 Å². The summed E-state index contributed by atoms with van der Waals surface area (Å²) in [5, 5.41) is 0.421. The van der Waals surface area contributed by atoms with Crippen molar-refractivity contribution in [2.24, 2.45) is 7.05 Å². The zero-order valence-corrected chi connectivity index (χ0v) is 13.7. The van der Waals surface area contributed by atoms with Crippen LogP contribution in [0.25, 0.3) is 11.0 Å². The molecule has 0 N–H and O–H groups in total. The van der Waals surface area contributed by atoms with E-state index in [0.717, 1.165) is 0 Å². The number of esters is 1. The number of fused-ring (bicyclic) bond motifs is 2.